The van der Waals surface area contributed by atoms with Gasteiger partial charge in [-0.2, -0.15) is 0 Å². The van der Waals surface area contributed by atoms with Crippen LogP contribution in [-0.2, 0) is 13.5 Å². The normalized spacial score (nSPS) is 11.4. The monoisotopic (exact) mass is 480 g/mol. The van der Waals surface area contributed by atoms with Crippen molar-refractivity contribution in [2.45, 2.75) is 116 Å². The second-order valence-corrected chi connectivity index (χ2v) is 11.4. The third-order valence-corrected chi connectivity index (χ3v) is 8.58. The molecule has 170 valence electrons. The summed E-state index contributed by atoms with van der Waals surface area (Å²) in [7, 11) is 4.02. The fourth-order valence-corrected chi connectivity index (χ4v) is 6.54. The maximum absolute atomic E-state index is 5.43. The average Bonchev–Trinajstić information content (AvgIpc) is 3.07. The Morgan fingerprint density at radius 1 is 0.733 bits per heavy atom. The van der Waals surface area contributed by atoms with Gasteiger partial charge in [-0.15, -0.1) is 0 Å². The Bertz CT molecular complexity index is 693. The topological polar surface area (TPSA) is 13.1 Å². The van der Waals surface area contributed by atoms with Crippen LogP contribution in [0.1, 0.15) is 115 Å². The summed E-state index contributed by atoms with van der Waals surface area (Å²) in [6.07, 6.45) is 24.1. The average molecular weight is 480 g/mol. The first-order chi connectivity index (χ1) is 14.8. The molecule has 0 aliphatic carbocycles. The maximum atomic E-state index is 5.43. The number of unbranched alkanes of at least 4 members (excludes halogenated alkanes) is 15. The summed E-state index contributed by atoms with van der Waals surface area (Å²) in [5, 5.41) is 1.44. The number of hydrogen-bond acceptors (Lipinski definition) is 1. The van der Waals surface area contributed by atoms with Gasteiger partial charge in [0.25, 0.3) is 0 Å². The van der Waals surface area contributed by atoms with Gasteiger partial charge in [0.1, 0.15) is 0 Å². The predicted octanol–water partition coefficient (Wildman–Crippen LogP) is 7.53. The molecule has 0 amide bonds. The van der Waals surface area contributed by atoms with E-state index in [9.17, 15) is 0 Å². The van der Waals surface area contributed by atoms with Crippen LogP contribution in [0.2, 0.25) is 0 Å². The van der Waals surface area contributed by atoms with Gasteiger partial charge in [0.15, 0.2) is 0 Å². The molecular weight excluding hydrogens is 433 g/mol. The van der Waals surface area contributed by atoms with Crippen LogP contribution in [0.3, 0.4) is 0 Å². The minimum atomic E-state index is 0.450. The second kappa shape index (κ2) is 15.9. The fourth-order valence-electron chi connectivity index (χ4n) is 4.45. The van der Waals surface area contributed by atoms with Gasteiger partial charge in [-0.3, -0.25) is 0 Å². The molecule has 0 unspecified atom stereocenters. The van der Waals surface area contributed by atoms with E-state index in [1.807, 2.05) is 0 Å². The molecule has 2 nitrogen and oxygen atoms in total. The van der Waals surface area contributed by atoms with Crippen LogP contribution >= 0.6 is 0 Å². The van der Waals surface area contributed by atoms with Crippen LogP contribution in [-0.4, -0.2) is 21.8 Å². The van der Waals surface area contributed by atoms with E-state index in [2.05, 4.69) is 35.7 Å². The summed E-state index contributed by atoms with van der Waals surface area (Å²) in [5.74, 6) is 0.990. The van der Waals surface area contributed by atoms with E-state index >= 15 is 0 Å². The van der Waals surface area contributed by atoms with Crippen LogP contribution in [0.4, 0.5) is 0 Å². The van der Waals surface area contributed by atoms with Gasteiger partial charge in [-0.05, 0) is 0 Å². The predicted molar refractivity (Wildman–Crippen MR) is 132 cm³/mol. The number of rotatable bonds is 18. The minimum absolute atomic E-state index is 0.450. The van der Waals surface area contributed by atoms with Crippen LogP contribution in [0, 0.1) is 0 Å². The van der Waals surface area contributed by atoms with Crippen molar-refractivity contribution >= 4 is 24.4 Å². The van der Waals surface area contributed by atoms with Gasteiger partial charge >= 0.3 is 141 Å². The Kier molecular flexibility index (Phi) is 13.5. The van der Waals surface area contributed by atoms with E-state index in [0.717, 1.165) is 5.75 Å². The Labute approximate surface area is 192 Å². The molecule has 30 heavy (non-hydrogen) atoms. The van der Waals surface area contributed by atoms with Crippen molar-refractivity contribution in [2.75, 3.05) is 7.11 Å². The van der Waals surface area contributed by atoms with Crippen molar-refractivity contribution in [1.29, 1.82) is 0 Å². The van der Waals surface area contributed by atoms with E-state index in [1.165, 1.54) is 124 Å². The van der Waals surface area contributed by atoms with E-state index in [0.29, 0.717) is 14.7 Å². The van der Waals surface area contributed by atoms with Crippen LogP contribution in [0.25, 0.3) is 9.65 Å². The van der Waals surface area contributed by atoms with Crippen molar-refractivity contribution in [2.24, 2.45) is 7.05 Å². The van der Waals surface area contributed by atoms with Crippen molar-refractivity contribution in [3.63, 3.8) is 0 Å². The summed E-state index contributed by atoms with van der Waals surface area (Å²) in [5.41, 5.74) is 1.54. The quantitative estimate of drug-likeness (QED) is 0.159. The summed E-state index contributed by atoms with van der Waals surface area (Å²) in [6.45, 7) is 2.30. The van der Waals surface area contributed by atoms with E-state index in [4.69, 9.17) is 4.74 Å². The Morgan fingerprint density at radius 3 is 1.73 bits per heavy atom. The molecule has 3 heteroatoms. The molecular formula is C27H46NOSe+. The molecule has 1 heterocycles. The van der Waals surface area contributed by atoms with Crippen molar-refractivity contribution in [3.05, 3.63) is 23.9 Å². The first-order valence-electron chi connectivity index (χ1n) is 12.7. The number of fused-ring (bicyclic) bond motifs is 1. The molecule has 0 saturated heterocycles. The molecule has 1 aromatic heterocycles. The van der Waals surface area contributed by atoms with Gasteiger partial charge in [-0.1, -0.05) is 51.9 Å². The molecule has 0 aliphatic heterocycles. The van der Waals surface area contributed by atoms with Crippen molar-refractivity contribution < 1.29 is 8.30 Å². The van der Waals surface area contributed by atoms with Crippen molar-refractivity contribution in [3.8, 4) is 5.75 Å². The first kappa shape index (κ1) is 25.5. The van der Waals surface area contributed by atoms with Gasteiger partial charge in [0.2, 0.25) is 0 Å². The van der Waals surface area contributed by atoms with Crippen LogP contribution < -0.4 is 8.30 Å². The summed E-state index contributed by atoms with van der Waals surface area (Å²) in [4.78, 5) is 0. The first-order valence-corrected chi connectivity index (χ1v) is 14.3. The van der Waals surface area contributed by atoms with E-state index < -0.39 is 0 Å². The van der Waals surface area contributed by atoms with E-state index in [1.54, 1.807) is 7.11 Å². The molecule has 1 aromatic carbocycles. The summed E-state index contributed by atoms with van der Waals surface area (Å²) < 4.78 is 9.43. The van der Waals surface area contributed by atoms with Crippen molar-refractivity contribution in [1.82, 2.24) is 0 Å². The number of aromatic nitrogens is 1. The van der Waals surface area contributed by atoms with Crippen LogP contribution in [0.15, 0.2) is 18.2 Å². The zero-order chi connectivity index (χ0) is 21.4. The molecule has 0 aliphatic rings. The molecule has 2 rings (SSSR count). The molecule has 0 atom stereocenters. The molecule has 0 fully saturated rings. The Balaban J connectivity index is 1.45. The molecule has 0 saturated carbocycles. The Hall–Kier alpha value is -0.791. The van der Waals surface area contributed by atoms with Gasteiger partial charge in [0, 0.05) is 0 Å². The van der Waals surface area contributed by atoms with Crippen LogP contribution in [0.5, 0.6) is 5.75 Å². The number of ether oxygens (including phenoxy) is 1. The second-order valence-electron chi connectivity index (χ2n) is 8.95. The SMILES string of the molecule is CCCCCCCCCCCCCCCCCCc1c2cc(OC)ccc2[se][n+]1C. The number of methoxy groups -OCH3 is 1. The van der Waals surface area contributed by atoms with E-state index in [-0.39, 0.29) is 0 Å². The molecule has 0 radical (unpaired) electrons. The third-order valence-electron chi connectivity index (χ3n) is 6.38. The Morgan fingerprint density at radius 2 is 1.23 bits per heavy atom. The van der Waals surface area contributed by atoms with Gasteiger partial charge in [-0.25, -0.2) is 0 Å². The molecule has 0 spiro atoms. The molecule has 0 N–H and O–H groups in total. The molecule has 0 bridgehead atoms. The number of aryl methyl sites for hydroxylation is 2. The zero-order valence-electron chi connectivity index (χ0n) is 20.0. The number of nitrogens with zero attached hydrogens (tertiary/aromatic N) is 1. The third kappa shape index (κ3) is 9.56. The number of benzene rings is 1. The fraction of sp³-hybridized carbons (Fsp3) is 0.741. The standard InChI is InChI=1S/C27H46NOSe/c1-4-5-6-7-8-9-10-11-12-13-14-15-16-17-18-19-20-26-25-23-24(29-3)21-22-27(25)30-28(26)2/h21-23H,4-20H2,1-3H3/q+1. The van der Waals surface area contributed by atoms with Gasteiger partial charge in [0.05, 0.1) is 0 Å². The molecule has 2 aromatic rings. The summed E-state index contributed by atoms with van der Waals surface area (Å²) >= 11 is 0.450. The zero-order valence-corrected chi connectivity index (χ0v) is 21.7. The number of hydrogen-bond donors (Lipinski definition) is 0. The summed E-state index contributed by atoms with van der Waals surface area (Å²) in [6, 6.07) is 6.60. The van der Waals surface area contributed by atoms with Gasteiger partial charge < -0.3 is 0 Å².